The molecule has 8 nitrogen and oxygen atoms in total. The van der Waals surface area contributed by atoms with Crippen molar-refractivity contribution in [1.29, 1.82) is 0 Å². The van der Waals surface area contributed by atoms with Gasteiger partial charge in [-0.15, -0.1) is 0 Å². The summed E-state index contributed by atoms with van der Waals surface area (Å²) in [6.45, 7) is 0. The lowest BCUT2D eigenvalue weighted by Crippen LogP contribution is -2.30. The molecule has 0 aliphatic rings. The largest absolute Gasteiger partial charge is 0.465 e. The van der Waals surface area contributed by atoms with E-state index in [4.69, 9.17) is 4.42 Å². The Morgan fingerprint density at radius 3 is 2.38 bits per heavy atom. The third-order valence-corrected chi connectivity index (χ3v) is 4.47. The molecular formula is C20H14BrN3O5. The van der Waals surface area contributed by atoms with Crippen molar-refractivity contribution >= 4 is 45.2 Å². The van der Waals surface area contributed by atoms with Gasteiger partial charge in [-0.2, -0.15) is 0 Å². The van der Waals surface area contributed by atoms with Crippen molar-refractivity contribution in [3.63, 3.8) is 0 Å². The first kappa shape index (κ1) is 20.0. The number of carbonyl (C=O) groups excluding carboxylic acids is 2. The van der Waals surface area contributed by atoms with Crippen LogP contribution in [0.4, 0.5) is 11.4 Å². The smallest absolute Gasteiger partial charge is 0.272 e. The van der Waals surface area contributed by atoms with Gasteiger partial charge in [-0.25, -0.2) is 0 Å². The maximum Gasteiger partial charge on any atom is 0.272 e. The van der Waals surface area contributed by atoms with E-state index in [1.807, 2.05) is 0 Å². The number of nitro benzene ring substituents is 1. The van der Waals surface area contributed by atoms with Gasteiger partial charge in [0.2, 0.25) is 0 Å². The van der Waals surface area contributed by atoms with E-state index in [1.165, 1.54) is 36.6 Å². The van der Waals surface area contributed by atoms with Crippen LogP contribution in [0.25, 0.3) is 6.08 Å². The van der Waals surface area contributed by atoms with E-state index < -0.39 is 16.7 Å². The zero-order chi connectivity index (χ0) is 20.8. The number of hydrogen-bond donors (Lipinski definition) is 2. The lowest BCUT2D eigenvalue weighted by atomic mass is 10.2. The van der Waals surface area contributed by atoms with Gasteiger partial charge in [0.05, 0.1) is 16.7 Å². The number of hydrogen-bond acceptors (Lipinski definition) is 5. The molecule has 2 amide bonds. The van der Waals surface area contributed by atoms with E-state index >= 15 is 0 Å². The van der Waals surface area contributed by atoms with Crippen LogP contribution in [0.1, 0.15) is 16.1 Å². The molecule has 2 N–H and O–H groups in total. The number of nitro groups is 1. The molecule has 146 valence electrons. The summed E-state index contributed by atoms with van der Waals surface area (Å²) in [6.07, 6.45) is 2.82. The molecule has 29 heavy (non-hydrogen) atoms. The molecule has 1 heterocycles. The van der Waals surface area contributed by atoms with Crippen molar-refractivity contribution < 1.29 is 18.9 Å². The van der Waals surface area contributed by atoms with E-state index in [0.717, 1.165) is 0 Å². The number of rotatable bonds is 6. The summed E-state index contributed by atoms with van der Waals surface area (Å²) in [4.78, 5) is 35.6. The molecule has 0 spiro atoms. The lowest BCUT2D eigenvalue weighted by Gasteiger charge is -2.11. The highest BCUT2D eigenvalue weighted by Crippen LogP contribution is 2.18. The molecule has 1 aromatic heterocycles. The molecule has 0 radical (unpaired) electrons. The standard InChI is InChI=1S/C20H14BrN3O5/c21-17-6-2-1-5-16(17)19(25)23-18(12-15-4-3-11-29-15)20(26)22-13-7-9-14(10-8-13)24(27)28/h1-12H,(H,22,26)(H,23,25). The Labute approximate surface area is 173 Å². The third-order valence-electron chi connectivity index (χ3n) is 3.78. The first-order valence-corrected chi connectivity index (χ1v) is 9.10. The normalized spacial score (nSPS) is 11.0. The van der Waals surface area contributed by atoms with Crippen LogP contribution in [-0.4, -0.2) is 16.7 Å². The lowest BCUT2D eigenvalue weighted by molar-refractivity contribution is -0.384. The Hall–Kier alpha value is -3.72. The molecule has 0 saturated heterocycles. The zero-order valence-corrected chi connectivity index (χ0v) is 16.4. The van der Waals surface area contributed by atoms with Gasteiger partial charge in [0, 0.05) is 28.4 Å². The highest BCUT2D eigenvalue weighted by Gasteiger charge is 2.17. The van der Waals surface area contributed by atoms with Gasteiger partial charge >= 0.3 is 0 Å². The number of amides is 2. The predicted octanol–water partition coefficient (Wildman–Crippen LogP) is 4.36. The van der Waals surface area contributed by atoms with Crippen molar-refractivity contribution in [3.05, 3.63) is 98.5 Å². The summed E-state index contributed by atoms with van der Waals surface area (Å²) in [5.41, 5.74) is 0.526. The first-order valence-electron chi connectivity index (χ1n) is 8.31. The average molecular weight is 456 g/mol. The maximum atomic E-state index is 12.7. The first-order chi connectivity index (χ1) is 13.9. The van der Waals surface area contributed by atoms with Crippen LogP contribution < -0.4 is 10.6 Å². The van der Waals surface area contributed by atoms with Crippen molar-refractivity contribution in [3.8, 4) is 0 Å². The second kappa shape index (κ2) is 8.98. The molecule has 0 unspecified atom stereocenters. The summed E-state index contributed by atoms with van der Waals surface area (Å²) >= 11 is 3.30. The predicted molar refractivity (Wildman–Crippen MR) is 110 cm³/mol. The van der Waals surface area contributed by atoms with Gasteiger partial charge in [0.25, 0.3) is 17.5 Å². The van der Waals surface area contributed by atoms with Gasteiger partial charge in [-0.1, -0.05) is 12.1 Å². The van der Waals surface area contributed by atoms with Gasteiger partial charge in [-0.3, -0.25) is 19.7 Å². The minimum Gasteiger partial charge on any atom is -0.465 e. The molecule has 0 fully saturated rings. The highest BCUT2D eigenvalue weighted by atomic mass is 79.9. The Morgan fingerprint density at radius 2 is 1.76 bits per heavy atom. The summed E-state index contributed by atoms with van der Waals surface area (Å²) in [5.74, 6) is -0.740. The molecule has 0 saturated carbocycles. The quantitative estimate of drug-likeness (QED) is 0.325. The Balaban J connectivity index is 1.83. The minimum atomic E-state index is -0.615. The Bertz CT molecular complexity index is 1080. The average Bonchev–Trinajstić information content (AvgIpc) is 3.21. The van der Waals surface area contributed by atoms with Gasteiger partial charge < -0.3 is 15.1 Å². The van der Waals surface area contributed by atoms with Gasteiger partial charge in [-0.05, 0) is 52.3 Å². The number of nitrogens with zero attached hydrogens (tertiary/aromatic N) is 1. The molecule has 0 aliphatic carbocycles. The molecule has 3 rings (SSSR count). The van der Waals surface area contributed by atoms with Crippen molar-refractivity contribution in [2.75, 3.05) is 5.32 Å². The third kappa shape index (κ3) is 5.17. The fraction of sp³-hybridized carbons (Fsp3) is 0. The van der Waals surface area contributed by atoms with Crippen LogP contribution in [0.15, 0.2) is 81.5 Å². The monoisotopic (exact) mass is 455 g/mol. The van der Waals surface area contributed by atoms with E-state index in [0.29, 0.717) is 21.5 Å². The number of carbonyl (C=O) groups is 2. The van der Waals surface area contributed by atoms with Gasteiger partial charge in [0.15, 0.2) is 0 Å². The van der Waals surface area contributed by atoms with E-state index in [1.54, 1.807) is 36.4 Å². The number of benzene rings is 2. The Morgan fingerprint density at radius 1 is 1.03 bits per heavy atom. The van der Waals surface area contributed by atoms with Gasteiger partial charge in [0.1, 0.15) is 11.5 Å². The van der Waals surface area contributed by atoms with E-state index in [9.17, 15) is 19.7 Å². The van der Waals surface area contributed by atoms with Crippen LogP contribution >= 0.6 is 15.9 Å². The molecule has 3 aromatic rings. The van der Waals surface area contributed by atoms with E-state index in [-0.39, 0.29) is 11.4 Å². The van der Waals surface area contributed by atoms with Crippen LogP contribution in [-0.2, 0) is 4.79 Å². The SMILES string of the molecule is O=C(Nc1ccc([N+](=O)[O-])cc1)C(=Cc1ccco1)NC(=O)c1ccccc1Br. The molecule has 0 aliphatic heterocycles. The number of anilines is 1. The molecule has 9 heteroatoms. The summed E-state index contributed by atoms with van der Waals surface area (Å²) < 4.78 is 5.80. The second-order valence-electron chi connectivity index (χ2n) is 5.77. The number of furan rings is 1. The molecular weight excluding hydrogens is 442 g/mol. The van der Waals surface area contributed by atoms with Crippen molar-refractivity contribution in [1.82, 2.24) is 5.32 Å². The maximum absolute atomic E-state index is 12.7. The number of nitrogens with one attached hydrogen (secondary N) is 2. The minimum absolute atomic E-state index is 0.0564. The molecule has 0 bridgehead atoms. The van der Waals surface area contributed by atoms with Crippen LogP contribution in [0.3, 0.4) is 0 Å². The summed E-state index contributed by atoms with van der Waals surface area (Å²) in [5, 5.41) is 15.9. The van der Waals surface area contributed by atoms with Crippen LogP contribution in [0.2, 0.25) is 0 Å². The number of non-ortho nitro benzene ring substituents is 1. The van der Waals surface area contributed by atoms with Crippen molar-refractivity contribution in [2.45, 2.75) is 0 Å². The zero-order valence-electron chi connectivity index (χ0n) is 14.8. The fourth-order valence-corrected chi connectivity index (χ4v) is 2.84. The molecule has 0 atom stereocenters. The number of halogens is 1. The summed E-state index contributed by atoms with van der Waals surface area (Å²) in [7, 11) is 0. The van der Waals surface area contributed by atoms with Crippen molar-refractivity contribution in [2.24, 2.45) is 0 Å². The molecule has 2 aromatic carbocycles. The Kier molecular flexibility index (Phi) is 6.20. The summed E-state index contributed by atoms with van der Waals surface area (Å²) in [6, 6.07) is 15.4. The highest BCUT2D eigenvalue weighted by molar-refractivity contribution is 9.10. The second-order valence-corrected chi connectivity index (χ2v) is 6.62. The fourth-order valence-electron chi connectivity index (χ4n) is 2.37. The van der Waals surface area contributed by atoms with E-state index in [2.05, 4.69) is 26.6 Å². The van der Waals surface area contributed by atoms with Crippen LogP contribution in [0.5, 0.6) is 0 Å². The van der Waals surface area contributed by atoms with Crippen LogP contribution in [0, 0.1) is 10.1 Å². The topological polar surface area (TPSA) is 114 Å².